The third kappa shape index (κ3) is 2.55. The molecular weight excluding hydrogens is 338 g/mol. The molecule has 27 heavy (non-hydrogen) atoms. The number of rotatable bonds is 2. The first-order chi connectivity index (χ1) is 13.1. The summed E-state index contributed by atoms with van der Waals surface area (Å²) < 4.78 is 0. The van der Waals surface area contributed by atoms with Gasteiger partial charge in [-0.25, -0.2) is 0 Å². The summed E-state index contributed by atoms with van der Waals surface area (Å²) in [5.74, 6) is 0.488. The van der Waals surface area contributed by atoms with Gasteiger partial charge in [-0.1, -0.05) is 36.4 Å². The molecule has 0 amide bonds. The lowest BCUT2D eigenvalue weighted by Crippen LogP contribution is -2.43. The van der Waals surface area contributed by atoms with Crippen molar-refractivity contribution in [3.63, 3.8) is 0 Å². The first kappa shape index (κ1) is 16.2. The SMILES string of the molecule is Nc1nc(N)c(C2CC3CCC(C2)N3c2cccc3ccccc23)c(=O)[nH]1. The molecule has 3 aromatic rings. The van der Waals surface area contributed by atoms with Crippen molar-refractivity contribution in [2.75, 3.05) is 16.4 Å². The maximum Gasteiger partial charge on any atom is 0.257 e. The molecule has 1 aromatic heterocycles. The Kier molecular flexibility index (Phi) is 3.60. The average Bonchev–Trinajstić information content (AvgIpc) is 2.90. The van der Waals surface area contributed by atoms with Crippen LogP contribution in [0.1, 0.15) is 37.2 Å². The van der Waals surface area contributed by atoms with Crippen LogP contribution in [-0.2, 0) is 0 Å². The predicted molar refractivity (Wildman–Crippen MR) is 109 cm³/mol. The van der Waals surface area contributed by atoms with Gasteiger partial charge in [-0.2, -0.15) is 4.98 Å². The Morgan fingerprint density at radius 1 is 1.00 bits per heavy atom. The fraction of sp³-hybridized carbons (Fsp3) is 0.333. The van der Waals surface area contributed by atoms with Crippen LogP contribution in [0, 0.1) is 0 Å². The van der Waals surface area contributed by atoms with E-state index in [0.717, 1.165) is 25.7 Å². The van der Waals surface area contributed by atoms with E-state index in [4.69, 9.17) is 11.5 Å². The van der Waals surface area contributed by atoms with E-state index in [0.29, 0.717) is 17.6 Å². The molecule has 0 spiro atoms. The number of anilines is 3. The second-order valence-corrected chi connectivity index (χ2v) is 7.71. The van der Waals surface area contributed by atoms with E-state index in [1.807, 2.05) is 0 Å². The zero-order valence-corrected chi connectivity index (χ0v) is 15.1. The molecule has 3 heterocycles. The minimum absolute atomic E-state index is 0.0809. The number of nitrogens with zero attached hydrogens (tertiary/aromatic N) is 2. The van der Waals surface area contributed by atoms with Gasteiger partial charge in [0.2, 0.25) is 5.95 Å². The van der Waals surface area contributed by atoms with Crippen molar-refractivity contribution in [2.24, 2.45) is 0 Å². The monoisotopic (exact) mass is 361 g/mol. The van der Waals surface area contributed by atoms with Crippen LogP contribution in [0.3, 0.4) is 0 Å². The highest BCUT2D eigenvalue weighted by Crippen LogP contribution is 2.46. The van der Waals surface area contributed by atoms with Crippen LogP contribution in [0.2, 0.25) is 0 Å². The Labute approximate surface area is 157 Å². The van der Waals surface area contributed by atoms with Gasteiger partial charge in [0.25, 0.3) is 5.56 Å². The van der Waals surface area contributed by atoms with Crippen molar-refractivity contribution >= 4 is 28.2 Å². The maximum absolute atomic E-state index is 12.5. The number of H-pyrrole nitrogens is 1. The maximum atomic E-state index is 12.5. The Morgan fingerprint density at radius 3 is 2.44 bits per heavy atom. The molecule has 138 valence electrons. The molecule has 2 bridgehead atoms. The Bertz CT molecular complexity index is 1060. The van der Waals surface area contributed by atoms with Gasteiger partial charge >= 0.3 is 0 Å². The van der Waals surface area contributed by atoms with Crippen LogP contribution in [0.15, 0.2) is 47.3 Å². The molecule has 2 unspecified atom stereocenters. The fourth-order valence-electron chi connectivity index (χ4n) is 5.15. The lowest BCUT2D eigenvalue weighted by atomic mass is 9.85. The fourth-order valence-corrected chi connectivity index (χ4v) is 5.15. The number of benzene rings is 2. The third-order valence-electron chi connectivity index (χ3n) is 6.19. The normalized spacial score (nSPS) is 24.4. The van der Waals surface area contributed by atoms with Crippen molar-refractivity contribution in [1.82, 2.24) is 9.97 Å². The van der Waals surface area contributed by atoms with E-state index in [1.165, 1.54) is 16.5 Å². The molecule has 2 aliphatic heterocycles. The highest BCUT2D eigenvalue weighted by atomic mass is 16.1. The Morgan fingerprint density at radius 2 is 1.70 bits per heavy atom. The molecule has 2 aromatic carbocycles. The van der Waals surface area contributed by atoms with Crippen LogP contribution in [0.4, 0.5) is 17.5 Å². The zero-order chi connectivity index (χ0) is 18.5. The van der Waals surface area contributed by atoms with Crippen molar-refractivity contribution in [3.8, 4) is 0 Å². The van der Waals surface area contributed by atoms with Gasteiger partial charge in [-0.05, 0) is 43.1 Å². The van der Waals surface area contributed by atoms with E-state index in [9.17, 15) is 4.79 Å². The van der Waals surface area contributed by atoms with Gasteiger partial charge in [0.05, 0.1) is 5.56 Å². The number of piperidine rings is 1. The summed E-state index contributed by atoms with van der Waals surface area (Å²) in [6, 6.07) is 15.9. The smallest absolute Gasteiger partial charge is 0.257 e. The molecule has 0 saturated carbocycles. The third-order valence-corrected chi connectivity index (χ3v) is 6.19. The standard InChI is InChI=1S/C21H23N5O/c22-19-18(20(27)25-21(23)24-19)13-10-14-8-9-15(11-13)26(14)17-7-3-5-12-4-1-2-6-16(12)17/h1-7,13-15H,8-11H2,(H5,22,23,24,25,27). The summed E-state index contributed by atoms with van der Waals surface area (Å²) in [7, 11) is 0. The van der Waals surface area contributed by atoms with Crippen molar-refractivity contribution in [2.45, 2.75) is 43.7 Å². The summed E-state index contributed by atoms with van der Waals surface area (Å²) >= 11 is 0. The predicted octanol–water partition coefficient (Wildman–Crippen LogP) is 3.00. The molecule has 2 saturated heterocycles. The van der Waals surface area contributed by atoms with E-state index in [-0.39, 0.29) is 23.2 Å². The van der Waals surface area contributed by atoms with Crippen LogP contribution in [-0.4, -0.2) is 22.1 Å². The average molecular weight is 361 g/mol. The second-order valence-electron chi connectivity index (χ2n) is 7.71. The van der Waals surface area contributed by atoms with Crippen molar-refractivity contribution in [1.29, 1.82) is 0 Å². The van der Waals surface area contributed by atoms with E-state index in [1.54, 1.807) is 0 Å². The quantitative estimate of drug-likeness (QED) is 0.651. The van der Waals surface area contributed by atoms with Crippen LogP contribution in [0.25, 0.3) is 10.8 Å². The minimum atomic E-state index is -0.192. The summed E-state index contributed by atoms with van der Waals surface area (Å²) in [5, 5.41) is 2.56. The number of aromatic amines is 1. The molecule has 2 atom stereocenters. The first-order valence-corrected chi connectivity index (χ1v) is 9.53. The van der Waals surface area contributed by atoms with E-state index >= 15 is 0 Å². The van der Waals surface area contributed by atoms with Crippen LogP contribution in [0.5, 0.6) is 0 Å². The van der Waals surface area contributed by atoms with Crippen molar-refractivity contribution in [3.05, 3.63) is 58.4 Å². The Hall–Kier alpha value is -3.02. The summed E-state index contributed by atoms with van der Waals surface area (Å²) in [4.78, 5) is 21.7. The molecule has 5 rings (SSSR count). The van der Waals surface area contributed by atoms with Crippen molar-refractivity contribution < 1.29 is 0 Å². The summed E-state index contributed by atoms with van der Waals surface area (Å²) in [6.07, 6.45) is 4.12. The summed E-state index contributed by atoms with van der Waals surface area (Å²) in [5.41, 5.74) is 13.4. The molecule has 0 radical (unpaired) electrons. The van der Waals surface area contributed by atoms with Crippen LogP contribution >= 0.6 is 0 Å². The van der Waals surface area contributed by atoms with Gasteiger partial charge in [0, 0.05) is 23.2 Å². The van der Waals surface area contributed by atoms with Gasteiger partial charge in [0.15, 0.2) is 0 Å². The second kappa shape index (κ2) is 6.01. The lowest BCUT2D eigenvalue weighted by molar-refractivity contribution is 0.415. The minimum Gasteiger partial charge on any atom is -0.383 e. The number of aromatic nitrogens is 2. The van der Waals surface area contributed by atoms with Gasteiger partial charge in [0.1, 0.15) is 5.82 Å². The number of nitrogens with one attached hydrogen (secondary N) is 1. The lowest BCUT2D eigenvalue weighted by Gasteiger charge is -2.41. The number of nitrogen functional groups attached to an aromatic ring is 2. The summed E-state index contributed by atoms with van der Waals surface area (Å²) in [6.45, 7) is 0. The number of hydrogen-bond donors (Lipinski definition) is 3. The first-order valence-electron chi connectivity index (χ1n) is 9.53. The number of hydrogen-bond acceptors (Lipinski definition) is 5. The largest absolute Gasteiger partial charge is 0.383 e. The van der Waals surface area contributed by atoms with Gasteiger partial charge < -0.3 is 16.4 Å². The molecule has 6 nitrogen and oxygen atoms in total. The molecule has 6 heteroatoms. The van der Waals surface area contributed by atoms with Gasteiger partial charge in [-0.15, -0.1) is 0 Å². The topological polar surface area (TPSA) is 101 Å². The molecule has 2 aliphatic rings. The zero-order valence-electron chi connectivity index (χ0n) is 15.1. The van der Waals surface area contributed by atoms with E-state index < -0.39 is 0 Å². The number of fused-ring (bicyclic) bond motifs is 3. The highest BCUT2D eigenvalue weighted by Gasteiger charge is 2.42. The molecule has 2 fully saturated rings. The number of nitrogens with two attached hydrogens (primary N) is 2. The molecule has 5 N–H and O–H groups in total. The van der Waals surface area contributed by atoms with Crippen LogP contribution < -0.4 is 21.9 Å². The molecule has 0 aliphatic carbocycles. The Balaban J connectivity index is 1.52. The van der Waals surface area contributed by atoms with Gasteiger partial charge in [-0.3, -0.25) is 9.78 Å². The highest BCUT2D eigenvalue weighted by molar-refractivity contribution is 5.94. The van der Waals surface area contributed by atoms with E-state index in [2.05, 4.69) is 57.3 Å². The molecular formula is C21H23N5O.